The molecule has 1 aromatic carbocycles. The van der Waals surface area contributed by atoms with Gasteiger partial charge < -0.3 is 4.74 Å². The highest BCUT2D eigenvalue weighted by Gasteiger charge is 2.03. The van der Waals surface area contributed by atoms with Crippen LogP contribution in [0.4, 0.5) is 0 Å². The van der Waals surface area contributed by atoms with Crippen molar-refractivity contribution in [3.05, 3.63) is 30.1 Å². The molecule has 0 aliphatic heterocycles. The van der Waals surface area contributed by atoms with Gasteiger partial charge in [-0.25, -0.2) is 9.97 Å². The Morgan fingerprint density at radius 3 is 3.00 bits per heavy atom. The first kappa shape index (κ1) is 11.4. The van der Waals surface area contributed by atoms with Gasteiger partial charge in [-0.1, -0.05) is 11.6 Å². The van der Waals surface area contributed by atoms with Gasteiger partial charge >= 0.3 is 0 Å². The molecular weight excluding hydrogens is 220 g/mol. The molecule has 0 N–H and O–H groups in total. The highest BCUT2D eigenvalue weighted by molar-refractivity contribution is 7.99. The van der Waals surface area contributed by atoms with Crippen LogP contribution in [0, 0.1) is 6.92 Å². The average Bonchev–Trinajstić information content (AvgIpc) is 2.30. The molecule has 0 saturated carbocycles. The van der Waals surface area contributed by atoms with Crippen molar-refractivity contribution in [1.29, 1.82) is 0 Å². The Hall–Kier alpha value is -1.13. The molecule has 1 heterocycles. The van der Waals surface area contributed by atoms with E-state index in [1.807, 2.05) is 6.07 Å². The topological polar surface area (TPSA) is 35.0 Å². The molecule has 84 valence electrons. The predicted molar refractivity (Wildman–Crippen MR) is 66.9 cm³/mol. The lowest BCUT2D eigenvalue weighted by molar-refractivity contribution is 0.218. The van der Waals surface area contributed by atoms with E-state index in [0.717, 1.165) is 28.3 Å². The van der Waals surface area contributed by atoms with Crippen LogP contribution >= 0.6 is 11.8 Å². The van der Waals surface area contributed by atoms with Crippen molar-refractivity contribution in [2.75, 3.05) is 19.5 Å². The summed E-state index contributed by atoms with van der Waals surface area (Å²) in [6.07, 6.45) is 1.62. The Balaban J connectivity index is 2.32. The molecule has 0 saturated heterocycles. The standard InChI is InChI=1S/C12H14N2OS/c1-9-3-4-11-10(7-9)12(14-8-13-11)16-6-5-15-2/h3-4,7-8H,5-6H2,1-2H3. The molecule has 0 radical (unpaired) electrons. The van der Waals surface area contributed by atoms with Crippen LogP contribution in [0.1, 0.15) is 5.56 Å². The molecular formula is C12H14N2OS. The minimum absolute atomic E-state index is 0.738. The molecule has 0 atom stereocenters. The number of thioether (sulfide) groups is 1. The summed E-state index contributed by atoms with van der Waals surface area (Å²) in [7, 11) is 1.71. The lowest BCUT2D eigenvalue weighted by Crippen LogP contribution is -1.94. The zero-order valence-corrected chi connectivity index (χ0v) is 10.3. The fourth-order valence-electron chi connectivity index (χ4n) is 1.48. The third kappa shape index (κ3) is 2.51. The summed E-state index contributed by atoms with van der Waals surface area (Å²) in [5, 5.41) is 2.16. The van der Waals surface area contributed by atoms with Gasteiger partial charge in [0.25, 0.3) is 0 Å². The fourth-order valence-corrected chi connectivity index (χ4v) is 2.37. The van der Waals surface area contributed by atoms with Gasteiger partial charge in [-0.2, -0.15) is 0 Å². The molecule has 0 bridgehead atoms. The van der Waals surface area contributed by atoms with Crippen molar-refractivity contribution < 1.29 is 4.74 Å². The van der Waals surface area contributed by atoms with Gasteiger partial charge in [0.05, 0.1) is 12.1 Å². The molecule has 3 nitrogen and oxygen atoms in total. The van der Waals surface area contributed by atoms with Gasteiger partial charge in [-0.15, -0.1) is 11.8 Å². The Morgan fingerprint density at radius 2 is 2.19 bits per heavy atom. The second-order valence-electron chi connectivity index (χ2n) is 3.54. The van der Waals surface area contributed by atoms with Gasteiger partial charge in [-0.05, 0) is 19.1 Å². The van der Waals surface area contributed by atoms with Crippen molar-refractivity contribution in [3.8, 4) is 0 Å². The summed E-state index contributed by atoms with van der Waals surface area (Å²) in [6.45, 7) is 2.82. The Morgan fingerprint density at radius 1 is 1.31 bits per heavy atom. The zero-order valence-electron chi connectivity index (χ0n) is 9.43. The van der Waals surface area contributed by atoms with Crippen LogP contribution in [0.3, 0.4) is 0 Å². The van der Waals surface area contributed by atoms with E-state index in [1.165, 1.54) is 5.56 Å². The summed E-state index contributed by atoms with van der Waals surface area (Å²) in [5.41, 5.74) is 2.23. The van der Waals surface area contributed by atoms with Crippen LogP contribution in [0.2, 0.25) is 0 Å². The smallest absolute Gasteiger partial charge is 0.117 e. The predicted octanol–water partition coefficient (Wildman–Crippen LogP) is 2.68. The minimum Gasteiger partial charge on any atom is -0.384 e. The molecule has 1 aromatic heterocycles. The molecule has 0 aliphatic carbocycles. The Kier molecular flexibility index (Phi) is 3.74. The maximum atomic E-state index is 5.04. The molecule has 2 aromatic rings. The van der Waals surface area contributed by atoms with E-state index >= 15 is 0 Å². The number of rotatable bonds is 4. The maximum absolute atomic E-state index is 5.04. The molecule has 4 heteroatoms. The number of ether oxygens (including phenoxy) is 1. The molecule has 0 unspecified atom stereocenters. The van der Waals surface area contributed by atoms with Crippen molar-refractivity contribution >= 4 is 22.7 Å². The number of aromatic nitrogens is 2. The maximum Gasteiger partial charge on any atom is 0.117 e. The molecule has 0 aliphatic rings. The van der Waals surface area contributed by atoms with Crippen molar-refractivity contribution in [2.24, 2.45) is 0 Å². The van der Waals surface area contributed by atoms with Gasteiger partial charge in [-0.3, -0.25) is 0 Å². The summed E-state index contributed by atoms with van der Waals surface area (Å²) in [5.74, 6) is 0.913. The zero-order chi connectivity index (χ0) is 11.4. The van der Waals surface area contributed by atoms with E-state index in [-0.39, 0.29) is 0 Å². The first-order valence-electron chi connectivity index (χ1n) is 5.14. The molecule has 2 rings (SSSR count). The minimum atomic E-state index is 0.738. The average molecular weight is 234 g/mol. The number of hydrogen-bond donors (Lipinski definition) is 0. The third-order valence-electron chi connectivity index (χ3n) is 2.28. The monoisotopic (exact) mass is 234 g/mol. The van der Waals surface area contributed by atoms with E-state index < -0.39 is 0 Å². The first-order valence-corrected chi connectivity index (χ1v) is 6.13. The van der Waals surface area contributed by atoms with E-state index in [0.29, 0.717) is 0 Å². The van der Waals surface area contributed by atoms with Crippen LogP contribution in [-0.2, 0) is 4.74 Å². The Bertz CT molecular complexity index is 487. The number of methoxy groups -OCH3 is 1. The van der Waals surface area contributed by atoms with E-state index in [2.05, 4.69) is 29.0 Å². The van der Waals surface area contributed by atoms with Crippen LogP contribution < -0.4 is 0 Å². The van der Waals surface area contributed by atoms with E-state index in [4.69, 9.17) is 4.74 Å². The van der Waals surface area contributed by atoms with Gasteiger partial charge in [0, 0.05) is 18.2 Å². The van der Waals surface area contributed by atoms with Crippen molar-refractivity contribution in [3.63, 3.8) is 0 Å². The third-order valence-corrected chi connectivity index (χ3v) is 3.25. The second-order valence-corrected chi connectivity index (χ2v) is 4.62. The summed E-state index contributed by atoms with van der Waals surface area (Å²) >= 11 is 1.71. The van der Waals surface area contributed by atoms with Gasteiger partial charge in [0.2, 0.25) is 0 Å². The fraction of sp³-hybridized carbons (Fsp3) is 0.333. The first-order chi connectivity index (χ1) is 7.81. The largest absolute Gasteiger partial charge is 0.384 e. The quantitative estimate of drug-likeness (QED) is 0.463. The lowest BCUT2D eigenvalue weighted by Gasteiger charge is -2.04. The van der Waals surface area contributed by atoms with Crippen molar-refractivity contribution in [1.82, 2.24) is 9.97 Å². The highest BCUT2D eigenvalue weighted by Crippen LogP contribution is 2.24. The molecule has 0 fully saturated rings. The van der Waals surface area contributed by atoms with Crippen LogP contribution in [0.25, 0.3) is 10.9 Å². The number of hydrogen-bond acceptors (Lipinski definition) is 4. The Labute approximate surface area is 99.2 Å². The normalized spacial score (nSPS) is 10.9. The van der Waals surface area contributed by atoms with Crippen LogP contribution in [0.15, 0.2) is 29.6 Å². The summed E-state index contributed by atoms with van der Waals surface area (Å²) in [4.78, 5) is 8.57. The molecule has 0 amide bonds. The summed E-state index contributed by atoms with van der Waals surface area (Å²) in [6, 6.07) is 6.23. The van der Waals surface area contributed by atoms with Gasteiger partial charge in [0.1, 0.15) is 11.4 Å². The SMILES string of the molecule is COCCSc1ncnc2ccc(C)cc12. The highest BCUT2D eigenvalue weighted by atomic mass is 32.2. The summed E-state index contributed by atoms with van der Waals surface area (Å²) < 4.78 is 5.04. The number of benzene rings is 1. The van der Waals surface area contributed by atoms with Gasteiger partial charge in [0.15, 0.2) is 0 Å². The molecule has 0 spiro atoms. The van der Waals surface area contributed by atoms with Crippen molar-refractivity contribution in [2.45, 2.75) is 11.9 Å². The number of nitrogens with zero attached hydrogens (tertiary/aromatic N) is 2. The van der Waals surface area contributed by atoms with E-state index in [9.17, 15) is 0 Å². The number of aryl methyl sites for hydroxylation is 1. The number of fused-ring (bicyclic) bond motifs is 1. The van der Waals surface area contributed by atoms with E-state index in [1.54, 1.807) is 25.2 Å². The second kappa shape index (κ2) is 5.27. The molecule has 16 heavy (non-hydrogen) atoms. The van der Waals surface area contributed by atoms with Crippen LogP contribution in [0.5, 0.6) is 0 Å². The van der Waals surface area contributed by atoms with Crippen LogP contribution in [-0.4, -0.2) is 29.4 Å². The lowest BCUT2D eigenvalue weighted by atomic mass is 10.2.